The standard InChI is InChI=1S/C11H10N4O3S/c16-9(17)5-7-1-2-8(6-13-7)14-10(18)15-11-12-3-4-19-11/h1-4,6H,5H2,(H,16,17)(H2,12,14,15,18). The first kappa shape index (κ1) is 13.0. The molecule has 0 saturated carbocycles. The summed E-state index contributed by atoms with van der Waals surface area (Å²) in [4.78, 5) is 29.9. The number of carboxylic acid groups (broad SMARTS) is 1. The molecule has 0 aliphatic rings. The molecule has 2 aromatic heterocycles. The van der Waals surface area contributed by atoms with Crippen LogP contribution >= 0.6 is 11.3 Å². The summed E-state index contributed by atoms with van der Waals surface area (Å²) in [7, 11) is 0. The zero-order valence-electron chi connectivity index (χ0n) is 9.66. The molecular formula is C11H10N4O3S. The molecule has 0 spiro atoms. The number of thiazole rings is 1. The minimum atomic E-state index is -0.949. The molecule has 2 amide bonds. The highest BCUT2D eigenvalue weighted by Gasteiger charge is 2.05. The molecule has 0 unspecified atom stereocenters. The van der Waals surface area contributed by atoms with Crippen LogP contribution in [0.3, 0.4) is 0 Å². The van der Waals surface area contributed by atoms with E-state index in [-0.39, 0.29) is 6.42 Å². The average molecular weight is 278 g/mol. The molecule has 98 valence electrons. The third-order valence-electron chi connectivity index (χ3n) is 2.07. The molecule has 8 heteroatoms. The number of carbonyl (C=O) groups is 2. The molecule has 7 nitrogen and oxygen atoms in total. The van der Waals surface area contributed by atoms with Crippen molar-refractivity contribution in [3.05, 3.63) is 35.6 Å². The SMILES string of the molecule is O=C(O)Cc1ccc(NC(=O)Nc2nccs2)cn1. The number of aromatic nitrogens is 2. The fraction of sp³-hybridized carbons (Fsp3) is 0.0909. The van der Waals surface area contributed by atoms with E-state index in [1.165, 1.54) is 17.5 Å². The topological polar surface area (TPSA) is 104 Å². The number of anilines is 2. The van der Waals surface area contributed by atoms with Crippen molar-refractivity contribution in [1.82, 2.24) is 9.97 Å². The van der Waals surface area contributed by atoms with Crippen LogP contribution in [0.25, 0.3) is 0 Å². The van der Waals surface area contributed by atoms with Crippen molar-refractivity contribution < 1.29 is 14.7 Å². The first-order chi connectivity index (χ1) is 9.13. The molecule has 2 aromatic rings. The van der Waals surface area contributed by atoms with Crippen LogP contribution in [0.5, 0.6) is 0 Å². The fourth-order valence-corrected chi connectivity index (χ4v) is 1.83. The van der Waals surface area contributed by atoms with Crippen molar-refractivity contribution in [2.45, 2.75) is 6.42 Å². The zero-order chi connectivity index (χ0) is 13.7. The Morgan fingerprint density at radius 1 is 1.26 bits per heavy atom. The van der Waals surface area contributed by atoms with Gasteiger partial charge in [-0.05, 0) is 12.1 Å². The van der Waals surface area contributed by atoms with Gasteiger partial charge in [0.2, 0.25) is 0 Å². The molecule has 0 saturated heterocycles. The maximum atomic E-state index is 11.6. The van der Waals surface area contributed by atoms with Crippen LogP contribution in [0.1, 0.15) is 5.69 Å². The lowest BCUT2D eigenvalue weighted by Gasteiger charge is -2.05. The number of hydrogen-bond acceptors (Lipinski definition) is 5. The van der Waals surface area contributed by atoms with Crippen molar-refractivity contribution >= 4 is 34.2 Å². The van der Waals surface area contributed by atoms with Crippen LogP contribution in [0, 0.1) is 0 Å². The van der Waals surface area contributed by atoms with E-state index in [0.29, 0.717) is 16.5 Å². The molecular weight excluding hydrogens is 268 g/mol. The molecule has 3 N–H and O–H groups in total. The maximum Gasteiger partial charge on any atom is 0.325 e. The van der Waals surface area contributed by atoms with Gasteiger partial charge in [-0.15, -0.1) is 11.3 Å². The molecule has 2 heterocycles. The lowest BCUT2D eigenvalue weighted by molar-refractivity contribution is -0.136. The van der Waals surface area contributed by atoms with Crippen LogP contribution in [-0.2, 0) is 11.2 Å². The summed E-state index contributed by atoms with van der Waals surface area (Å²) in [5.41, 5.74) is 0.904. The van der Waals surface area contributed by atoms with Gasteiger partial charge in [0.15, 0.2) is 5.13 Å². The number of carbonyl (C=O) groups excluding carboxylic acids is 1. The second kappa shape index (κ2) is 5.91. The fourth-order valence-electron chi connectivity index (χ4n) is 1.30. The van der Waals surface area contributed by atoms with E-state index in [0.717, 1.165) is 0 Å². The van der Waals surface area contributed by atoms with E-state index in [1.807, 2.05) is 0 Å². The number of rotatable bonds is 4. The highest BCUT2D eigenvalue weighted by molar-refractivity contribution is 7.13. The number of nitrogens with zero attached hydrogens (tertiary/aromatic N) is 2. The Labute approximate surface area is 112 Å². The molecule has 0 atom stereocenters. The Morgan fingerprint density at radius 3 is 2.68 bits per heavy atom. The number of urea groups is 1. The summed E-state index contributed by atoms with van der Waals surface area (Å²) in [6.45, 7) is 0. The van der Waals surface area contributed by atoms with Crippen molar-refractivity contribution in [2.24, 2.45) is 0 Å². The van der Waals surface area contributed by atoms with Gasteiger partial charge in [0.25, 0.3) is 0 Å². The van der Waals surface area contributed by atoms with E-state index in [9.17, 15) is 9.59 Å². The smallest absolute Gasteiger partial charge is 0.325 e. The number of carboxylic acids is 1. The van der Waals surface area contributed by atoms with Crippen LogP contribution in [-0.4, -0.2) is 27.1 Å². The van der Waals surface area contributed by atoms with Gasteiger partial charge in [0.1, 0.15) is 0 Å². The Kier molecular flexibility index (Phi) is 4.04. The second-order valence-electron chi connectivity index (χ2n) is 3.53. The van der Waals surface area contributed by atoms with Crippen molar-refractivity contribution in [3.8, 4) is 0 Å². The van der Waals surface area contributed by atoms with Crippen molar-refractivity contribution in [3.63, 3.8) is 0 Å². The summed E-state index contributed by atoms with van der Waals surface area (Å²) in [6.07, 6.45) is 2.84. The van der Waals surface area contributed by atoms with Gasteiger partial charge >= 0.3 is 12.0 Å². The lowest BCUT2D eigenvalue weighted by atomic mass is 10.2. The van der Waals surface area contributed by atoms with Crippen molar-refractivity contribution in [2.75, 3.05) is 10.6 Å². The molecule has 19 heavy (non-hydrogen) atoms. The van der Waals surface area contributed by atoms with E-state index in [4.69, 9.17) is 5.11 Å². The quantitative estimate of drug-likeness (QED) is 0.791. The number of aliphatic carboxylic acids is 1. The van der Waals surface area contributed by atoms with Gasteiger partial charge in [-0.3, -0.25) is 15.1 Å². The van der Waals surface area contributed by atoms with E-state index in [2.05, 4.69) is 20.6 Å². The summed E-state index contributed by atoms with van der Waals surface area (Å²) >= 11 is 1.31. The molecule has 0 radical (unpaired) electrons. The Morgan fingerprint density at radius 2 is 2.11 bits per heavy atom. The number of amides is 2. The monoisotopic (exact) mass is 278 g/mol. The largest absolute Gasteiger partial charge is 0.481 e. The average Bonchev–Trinajstić information content (AvgIpc) is 2.83. The van der Waals surface area contributed by atoms with Gasteiger partial charge in [-0.1, -0.05) is 0 Å². The van der Waals surface area contributed by atoms with E-state index < -0.39 is 12.0 Å². The first-order valence-corrected chi connectivity index (χ1v) is 6.15. The minimum Gasteiger partial charge on any atom is -0.481 e. The van der Waals surface area contributed by atoms with E-state index in [1.54, 1.807) is 23.7 Å². The first-order valence-electron chi connectivity index (χ1n) is 5.28. The third-order valence-corrected chi connectivity index (χ3v) is 2.76. The second-order valence-corrected chi connectivity index (χ2v) is 4.42. The van der Waals surface area contributed by atoms with Crippen LogP contribution < -0.4 is 10.6 Å². The normalized spacial score (nSPS) is 9.89. The molecule has 0 aliphatic carbocycles. The molecule has 2 rings (SSSR count). The van der Waals surface area contributed by atoms with Gasteiger partial charge in [0, 0.05) is 11.6 Å². The summed E-state index contributed by atoms with van der Waals surface area (Å²) < 4.78 is 0. The highest BCUT2D eigenvalue weighted by Crippen LogP contribution is 2.12. The molecule has 0 aliphatic heterocycles. The maximum absolute atomic E-state index is 11.6. The minimum absolute atomic E-state index is 0.147. The Bertz CT molecular complexity index is 568. The van der Waals surface area contributed by atoms with E-state index >= 15 is 0 Å². The Hall–Kier alpha value is -2.48. The number of nitrogens with one attached hydrogen (secondary N) is 2. The zero-order valence-corrected chi connectivity index (χ0v) is 10.5. The third kappa shape index (κ3) is 4.03. The van der Waals surface area contributed by atoms with Crippen LogP contribution in [0.15, 0.2) is 29.9 Å². The van der Waals surface area contributed by atoms with Gasteiger partial charge in [-0.2, -0.15) is 0 Å². The summed E-state index contributed by atoms with van der Waals surface area (Å²) in [5, 5.41) is 16.0. The van der Waals surface area contributed by atoms with Crippen LogP contribution in [0.2, 0.25) is 0 Å². The van der Waals surface area contributed by atoms with Gasteiger partial charge in [-0.25, -0.2) is 9.78 Å². The van der Waals surface area contributed by atoms with Crippen molar-refractivity contribution in [1.29, 1.82) is 0 Å². The predicted octanol–water partition coefficient (Wildman–Crippen LogP) is 1.81. The molecule has 0 fully saturated rings. The van der Waals surface area contributed by atoms with Gasteiger partial charge < -0.3 is 10.4 Å². The molecule has 0 bridgehead atoms. The number of pyridine rings is 1. The Balaban J connectivity index is 1.92. The van der Waals surface area contributed by atoms with Gasteiger partial charge in [0.05, 0.1) is 24.0 Å². The summed E-state index contributed by atoms with van der Waals surface area (Å²) in [6, 6.07) is 2.71. The predicted molar refractivity (Wildman–Crippen MR) is 70.3 cm³/mol. The summed E-state index contributed by atoms with van der Waals surface area (Å²) in [5.74, 6) is -0.949. The molecule has 0 aromatic carbocycles. The lowest BCUT2D eigenvalue weighted by Crippen LogP contribution is -2.19. The van der Waals surface area contributed by atoms with Crippen LogP contribution in [0.4, 0.5) is 15.6 Å². The highest BCUT2D eigenvalue weighted by atomic mass is 32.1. The number of hydrogen-bond donors (Lipinski definition) is 3.